The van der Waals surface area contributed by atoms with Crippen molar-refractivity contribution in [2.75, 3.05) is 6.61 Å². The molecule has 3 rings (SSSR count). The lowest BCUT2D eigenvalue weighted by Gasteiger charge is -2.37. The van der Waals surface area contributed by atoms with Gasteiger partial charge in [-0.3, -0.25) is 0 Å². The molecule has 2 aliphatic rings. The SMILES string of the molecule is CC1CC[C](C2CCC(c3cc(F)c(CF)c(F)c3)OC2)CC1. The molecule has 0 N–H and O–H groups in total. The molecular weight excluding hydrogens is 301 g/mol. The molecule has 0 bridgehead atoms. The van der Waals surface area contributed by atoms with Crippen LogP contribution in [-0.2, 0) is 11.4 Å². The zero-order chi connectivity index (χ0) is 16.4. The van der Waals surface area contributed by atoms with Crippen molar-refractivity contribution < 1.29 is 17.9 Å². The lowest BCUT2D eigenvalue weighted by Crippen LogP contribution is -2.28. The van der Waals surface area contributed by atoms with E-state index in [0.29, 0.717) is 18.1 Å². The summed E-state index contributed by atoms with van der Waals surface area (Å²) in [5.41, 5.74) is -0.00719. The summed E-state index contributed by atoms with van der Waals surface area (Å²) in [4.78, 5) is 0. The monoisotopic (exact) mass is 325 g/mol. The molecule has 1 saturated carbocycles. The maximum atomic E-state index is 13.7. The van der Waals surface area contributed by atoms with Gasteiger partial charge in [-0.05, 0) is 61.1 Å². The third-order valence-electron chi connectivity index (χ3n) is 5.44. The van der Waals surface area contributed by atoms with Crippen LogP contribution in [0, 0.1) is 29.4 Å². The molecule has 0 spiro atoms. The average Bonchev–Trinajstić information content (AvgIpc) is 2.55. The Bertz CT molecular complexity index is 506. The Balaban J connectivity index is 1.61. The van der Waals surface area contributed by atoms with Crippen LogP contribution in [0.2, 0.25) is 0 Å². The van der Waals surface area contributed by atoms with E-state index < -0.39 is 23.9 Å². The van der Waals surface area contributed by atoms with Crippen molar-refractivity contribution in [3.8, 4) is 0 Å². The third kappa shape index (κ3) is 3.73. The molecule has 2 fully saturated rings. The van der Waals surface area contributed by atoms with Crippen LogP contribution in [-0.4, -0.2) is 6.61 Å². The molecule has 1 aliphatic carbocycles. The van der Waals surface area contributed by atoms with Crippen LogP contribution in [0.15, 0.2) is 12.1 Å². The summed E-state index contributed by atoms with van der Waals surface area (Å²) >= 11 is 0. The molecule has 23 heavy (non-hydrogen) atoms. The maximum absolute atomic E-state index is 13.7. The fraction of sp³-hybridized carbons (Fsp3) is 0.632. The molecular formula is C19H24F3O. The molecule has 1 heterocycles. The summed E-state index contributed by atoms with van der Waals surface area (Å²) in [6, 6.07) is 2.44. The Morgan fingerprint density at radius 3 is 2.22 bits per heavy atom. The molecule has 0 aromatic heterocycles. The smallest absolute Gasteiger partial charge is 0.132 e. The van der Waals surface area contributed by atoms with Gasteiger partial charge in [0, 0.05) is 0 Å². The first-order valence-corrected chi connectivity index (χ1v) is 8.58. The van der Waals surface area contributed by atoms with Crippen molar-refractivity contribution in [2.45, 2.75) is 58.2 Å². The highest BCUT2D eigenvalue weighted by molar-refractivity contribution is 5.27. The average molecular weight is 325 g/mol. The van der Waals surface area contributed by atoms with Gasteiger partial charge >= 0.3 is 0 Å². The third-order valence-corrected chi connectivity index (χ3v) is 5.44. The van der Waals surface area contributed by atoms with E-state index >= 15 is 0 Å². The molecule has 1 aliphatic heterocycles. The molecule has 1 radical (unpaired) electrons. The number of benzene rings is 1. The predicted octanol–water partition coefficient (Wildman–Crippen LogP) is 5.69. The molecule has 4 heteroatoms. The Morgan fingerprint density at radius 1 is 1.04 bits per heavy atom. The zero-order valence-electron chi connectivity index (χ0n) is 13.6. The van der Waals surface area contributed by atoms with E-state index in [9.17, 15) is 13.2 Å². The van der Waals surface area contributed by atoms with Gasteiger partial charge in [-0.25, -0.2) is 13.2 Å². The molecule has 1 aromatic rings. The summed E-state index contributed by atoms with van der Waals surface area (Å²) in [5, 5.41) is 0. The quantitative estimate of drug-likeness (QED) is 0.694. The van der Waals surface area contributed by atoms with Crippen molar-refractivity contribution in [1.82, 2.24) is 0 Å². The van der Waals surface area contributed by atoms with Crippen LogP contribution in [0.1, 0.15) is 62.7 Å². The van der Waals surface area contributed by atoms with Crippen molar-refractivity contribution in [3.63, 3.8) is 0 Å². The van der Waals surface area contributed by atoms with E-state index in [1.165, 1.54) is 37.8 Å². The number of rotatable bonds is 3. The van der Waals surface area contributed by atoms with E-state index in [-0.39, 0.29) is 6.10 Å². The van der Waals surface area contributed by atoms with Crippen molar-refractivity contribution in [1.29, 1.82) is 0 Å². The molecule has 0 amide bonds. The van der Waals surface area contributed by atoms with Crippen LogP contribution < -0.4 is 0 Å². The fourth-order valence-electron chi connectivity index (χ4n) is 3.81. The topological polar surface area (TPSA) is 9.23 Å². The number of hydrogen-bond donors (Lipinski definition) is 0. The Kier molecular flexibility index (Phi) is 5.30. The summed E-state index contributed by atoms with van der Waals surface area (Å²) in [5.74, 6) is 1.27. The minimum absolute atomic E-state index is 0.285. The highest BCUT2D eigenvalue weighted by Gasteiger charge is 2.31. The second-order valence-electron chi connectivity index (χ2n) is 7.03. The van der Waals surface area contributed by atoms with Crippen LogP contribution in [0.25, 0.3) is 0 Å². The van der Waals surface area contributed by atoms with Gasteiger partial charge in [-0.15, -0.1) is 0 Å². The molecule has 2 unspecified atom stereocenters. The molecule has 2 atom stereocenters. The Hall–Kier alpha value is -1.03. The second kappa shape index (κ2) is 7.25. The first-order valence-electron chi connectivity index (χ1n) is 8.58. The number of halogens is 3. The predicted molar refractivity (Wildman–Crippen MR) is 83.5 cm³/mol. The normalized spacial score (nSPS) is 27.3. The lowest BCUT2D eigenvalue weighted by molar-refractivity contribution is -0.0171. The van der Waals surface area contributed by atoms with E-state index in [1.807, 2.05) is 0 Å². The van der Waals surface area contributed by atoms with E-state index in [1.54, 1.807) is 5.92 Å². The first kappa shape index (κ1) is 16.8. The van der Waals surface area contributed by atoms with Crippen molar-refractivity contribution in [2.24, 2.45) is 11.8 Å². The van der Waals surface area contributed by atoms with Crippen LogP contribution in [0.3, 0.4) is 0 Å². The molecule has 1 nitrogen and oxygen atoms in total. The van der Waals surface area contributed by atoms with Crippen molar-refractivity contribution in [3.05, 3.63) is 40.8 Å². The molecule has 1 saturated heterocycles. The molecule has 127 valence electrons. The van der Waals surface area contributed by atoms with Crippen LogP contribution in [0.5, 0.6) is 0 Å². The highest BCUT2D eigenvalue weighted by Crippen LogP contribution is 2.41. The number of hydrogen-bond acceptors (Lipinski definition) is 1. The van der Waals surface area contributed by atoms with E-state index in [2.05, 4.69) is 6.92 Å². The Labute approximate surface area is 136 Å². The standard InChI is InChI=1S/C19H24F3O/c1-12-2-4-13(5-3-12)14-6-7-19(23-11-14)15-8-17(21)16(10-20)18(22)9-15/h8-9,12,14,19H,2-7,10-11H2,1H3. The summed E-state index contributed by atoms with van der Waals surface area (Å²) in [6.45, 7) is 1.80. The lowest BCUT2D eigenvalue weighted by atomic mass is 9.74. The zero-order valence-corrected chi connectivity index (χ0v) is 13.6. The van der Waals surface area contributed by atoms with Gasteiger partial charge in [0.25, 0.3) is 0 Å². The van der Waals surface area contributed by atoms with Gasteiger partial charge in [0.15, 0.2) is 0 Å². The first-order chi connectivity index (χ1) is 11.1. The van der Waals surface area contributed by atoms with Gasteiger partial charge in [-0.1, -0.05) is 19.8 Å². The summed E-state index contributed by atoms with van der Waals surface area (Å²) < 4.78 is 45.9. The van der Waals surface area contributed by atoms with E-state index in [4.69, 9.17) is 4.74 Å². The van der Waals surface area contributed by atoms with Crippen LogP contribution >= 0.6 is 0 Å². The maximum Gasteiger partial charge on any atom is 0.132 e. The van der Waals surface area contributed by atoms with Crippen LogP contribution in [0.4, 0.5) is 13.2 Å². The van der Waals surface area contributed by atoms with Gasteiger partial charge in [0.2, 0.25) is 0 Å². The Morgan fingerprint density at radius 2 is 1.70 bits per heavy atom. The fourth-order valence-corrected chi connectivity index (χ4v) is 3.81. The largest absolute Gasteiger partial charge is 0.373 e. The number of alkyl halides is 1. The summed E-state index contributed by atoms with van der Waals surface area (Å²) in [6.07, 6.45) is 6.38. The van der Waals surface area contributed by atoms with Gasteiger partial charge in [0.05, 0.1) is 18.3 Å². The number of ether oxygens (including phenoxy) is 1. The summed E-state index contributed by atoms with van der Waals surface area (Å²) in [7, 11) is 0. The highest BCUT2D eigenvalue weighted by atomic mass is 19.1. The van der Waals surface area contributed by atoms with Crippen molar-refractivity contribution >= 4 is 0 Å². The minimum atomic E-state index is -1.12. The second-order valence-corrected chi connectivity index (χ2v) is 7.03. The minimum Gasteiger partial charge on any atom is -0.373 e. The van der Waals surface area contributed by atoms with Gasteiger partial charge < -0.3 is 4.74 Å². The van der Waals surface area contributed by atoms with E-state index in [0.717, 1.165) is 18.8 Å². The molecule has 1 aromatic carbocycles. The van der Waals surface area contributed by atoms with Gasteiger partial charge in [0.1, 0.15) is 18.3 Å². The van der Waals surface area contributed by atoms with Gasteiger partial charge in [-0.2, -0.15) is 0 Å².